The second-order valence-electron chi connectivity index (χ2n) is 4.18. The molecule has 0 spiro atoms. The van der Waals surface area contributed by atoms with Gasteiger partial charge < -0.3 is 5.32 Å². The van der Waals surface area contributed by atoms with Crippen LogP contribution in [0.25, 0.3) is 0 Å². The third kappa shape index (κ3) is 4.19. The van der Waals surface area contributed by atoms with Crippen LogP contribution in [0.15, 0.2) is 24.3 Å². The van der Waals surface area contributed by atoms with Crippen LogP contribution < -0.4 is 5.32 Å². The van der Waals surface area contributed by atoms with Gasteiger partial charge in [-0.1, -0.05) is 29.8 Å². The molecule has 0 heterocycles. The lowest BCUT2D eigenvalue weighted by molar-refractivity contribution is -0.120. The first-order chi connectivity index (χ1) is 7.80. The quantitative estimate of drug-likeness (QED) is 0.874. The fourth-order valence-corrected chi connectivity index (χ4v) is 1.71. The molecule has 1 N–H and O–H groups in total. The van der Waals surface area contributed by atoms with Crippen LogP contribution in [-0.4, -0.2) is 25.8 Å². The molecular weight excluding hydrogens is 238 g/mol. The summed E-state index contributed by atoms with van der Waals surface area (Å²) in [7, 11) is -3.33. The molecule has 0 saturated heterocycles. The predicted molar refractivity (Wildman–Crippen MR) is 67.3 cm³/mol. The van der Waals surface area contributed by atoms with Crippen LogP contribution in [0.3, 0.4) is 0 Å². The minimum absolute atomic E-state index is 0.346. The van der Waals surface area contributed by atoms with E-state index in [0.29, 0.717) is 6.54 Å². The van der Waals surface area contributed by atoms with Crippen molar-refractivity contribution >= 4 is 15.7 Å². The number of sulfone groups is 1. The Bertz CT molecular complexity index is 491. The zero-order chi connectivity index (χ0) is 13.1. The number of rotatable bonds is 4. The summed E-state index contributed by atoms with van der Waals surface area (Å²) in [4.78, 5) is 11.5. The van der Waals surface area contributed by atoms with Crippen molar-refractivity contribution in [1.29, 1.82) is 0 Å². The molecule has 0 radical (unpaired) electrons. The smallest absolute Gasteiger partial charge is 0.238 e. The third-order valence-electron chi connectivity index (χ3n) is 2.60. The van der Waals surface area contributed by atoms with Crippen molar-refractivity contribution in [2.45, 2.75) is 25.6 Å². The van der Waals surface area contributed by atoms with E-state index in [4.69, 9.17) is 0 Å². The number of aryl methyl sites for hydroxylation is 1. The predicted octanol–water partition coefficient (Wildman–Crippen LogP) is 1.04. The van der Waals surface area contributed by atoms with E-state index in [1.807, 2.05) is 31.2 Å². The van der Waals surface area contributed by atoms with Crippen molar-refractivity contribution in [3.63, 3.8) is 0 Å². The second-order valence-corrected chi connectivity index (χ2v) is 6.54. The van der Waals surface area contributed by atoms with Gasteiger partial charge >= 0.3 is 0 Å². The van der Waals surface area contributed by atoms with Crippen molar-refractivity contribution in [2.75, 3.05) is 6.26 Å². The molecule has 0 aliphatic rings. The Balaban J connectivity index is 2.57. The summed E-state index contributed by atoms with van der Waals surface area (Å²) in [5, 5.41) is 1.60. The van der Waals surface area contributed by atoms with Gasteiger partial charge in [0.25, 0.3) is 0 Å². The molecule has 0 unspecified atom stereocenters. The normalized spacial score (nSPS) is 13.1. The highest BCUT2D eigenvalue weighted by Crippen LogP contribution is 2.03. The minimum atomic E-state index is -3.33. The Morgan fingerprint density at radius 2 is 1.82 bits per heavy atom. The molecule has 0 bridgehead atoms. The van der Waals surface area contributed by atoms with Crippen LogP contribution in [0.1, 0.15) is 18.1 Å². The fraction of sp³-hybridized carbons (Fsp3) is 0.417. The lowest BCUT2D eigenvalue weighted by Gasteiger charge is -2.10. The number of carbonyl (C=O) groups excluding carboxylic acids is 1. The molecule has 94 valence electrons. The number of carbonyl (C=O) groups is 1. The number of nitrogens with one attached hydrogen (secondary N) is 1. The molecule has 1 atom stereocenters. The summed E-state index contributed by atoms with van der Waals surface area (Å²) in [6.45, 7) is 3.72. The largest absolute Gasteiger partial charge is 0.351 e. The van der Waals surface area contributed by atoms with Gasteiger partial charge in [0, 0.05) is 12.8 Å². The van der Waals surface area contributed by atoms with Gasteiger partial charge in [0.05, 0.1) is 0 Å². The zero-order valence-corrected chi connectivity index (χ0v) is 11.0. The van der Waals surface area contributed by atoms with E-state index in [0.717, 1.165) is 17.4 Å². The van der Waals surface area contributed by atoms with Crippen molar-refractivity contribution < 1.29 is 13.2 Å². The van der Waals surface area contributed by atoms with E-state index in [9.17, 15) is 13.2 Å². The van der Waals surface area contributed by atoms with Crippen LogP contribution in [0, 0.1) is 6.92 Å². The number of benzene rings is 1. The lowest BCUT2D eigenvalue weighted by atomic mass is 10.1. The van der Waals surface area contributed by atoms with Crippen molar-refractivity contribution in [3.05, 3.63) is 35.4 Å². The fourth-order valence-electron chi connectivity index (χ4n) is 1.23. The third-order valence-corrected chi connectivity index (χ3v) is 4.10. The molecule has 1 aromatic carbocycles. The molecular formula is C12H17NO3S. The van der Waals surface area contributed by atoms with Crippen LogP contribution in [-0.2, 0) is 21.2 Å². The van der Waals surface area contributed by atoms with Crippen molar-refractivity contribution in [1.82, 2.24) is 5.32 Å². The topological polar surface area (TPSA) is 63.2 Å². The van der Waals surface area contributed by atoms with Gasteiger partial charge in [-0.05, 0) is 19.4 Å². The zero-order valence-electron chi connectivity index (χ0n) is 10.2. The number of hydrogen-bond donors (Lipinski definition) is 1. The van der Waals surface area contributed by atoms with Crippen LogP contribution in [0.4, 0.5) is 0 Å². The highest BCUT2D eigenvalue weighted by Gasteiger charge is 2.22. The summed E-state index contributed by atoms with van der Waals surface area (Å²) in [6, 6.07) is 7.70. The van der Waals surface area contributed by atoms with Gasteiger partial charge in [-0.3, -0.25) is 4.79 Å². The Morgan fingerprint density at radius 3 is 2.29 bits per heavy atom. The van der Waals surface area contributed by atoms with E-state index in [-0.39, 0.29) is 0 Å². The number of hydrogen-bond acceptors (Lipinski definition) is 3. The molecule has 1 aromatic rings. The Morgan fingerprint density at radius 1 is 1.29 bits per heavy atom. The first kappa shape index (κ1) is 13.7. The highest BCUT2D eigenvalue weighted by atomic mass is 32.2. The monoisotopic (exact) mass is 255 g/mol. The van der Waals surface area contributed by atoms with E-state index >= 15 is 0 Å². The standard InChI is InChI=1S/C12H17NO3S/c1-9-4-6-11(7-5-9)8-13-12(14)10(2)17(3,15)16/h4-7,10H,8H2,1-3H3,(H,13,14)/t10-/m0/s1. The maximum atomic E-state index is 11.5. The summed E-state index contributed by atoms with van der Waals surface area (Å²) in [5.41, 5.74) is 2.09. The van der Waals surface area contributed by atoms with Crippen LogP contribution in [0.5, 0.6) is 0 Å². The summed E-state index contributed by atoms with van der Waals surface area (Å²) in [5.74, 6) is -0.465. The van der Waals surface area contributed by atoms with Gasteiger partial charge in [-0.15, -0.1) is 0 Å². The van der Waals surface area contributed by atoms with Crippen molar-refractivity contribution in [3.8, 4) is 0 Å². The number of amides is 1. The average molecular weight is 255 g/mol. The Labute approximate surface area is 102 Å². The maximum Gasteiger partial charge on any atom is 0.238 e. The first-order valence-electron chi connectivity index (χ1n) is 5.33. The van der Waals surface area contributed by atoms with Gasteiger partial charge in [-0.2, -0.15) is 0 Å². The first-order valence-corrected chi connectivity index (χ1v) is 7.28. The second kappa shape index (κ2) is 5.31. The van der Waals surface area contributed by atoms with E-state index in [1.54, 1.807) is 0 Å². The molecule has 17 heavy (non-hydrogen) atoms. The van der Waals surface area contributed by atoms with E-state index < -0.39 is 21.0 Å². The average Bonchev–Trinajstić information content (AvgIpc) is 2.25. The molecule has 4 nitrogen and oxygen atoms in total. The molecule has 0 saturated carbocycles. The minimum Gasteiger partial charge on any atom is -0.351 e. The molecule has 0 fully saturated rings. The van der Waals surface area contributed by atoms with Gasteiger partial charge in [-0.25, -0.2) is 8.42 Å². The maximum absolute atomic E-state index is 11.5. The molecule has 1 amide bonds. The van der Waals surface area contributed by atoms with Gasteiger partial charge in [0.2, 0.25) is 5.91 Å². The SMILES string of the molecule is Cc1ccc(CNC(=O)[C@H](C)S(C)(=O)=O)cc1. The Kier molecular flexibility index (Phi) is 4.28. The molecule has 1 rings (SSSR count). The molecule has 0 aliphatic heterocycles. The molecule has 0 aromatic heterocycles. The van der Waals surface area contributed by atoms with Crippen LogP contribution in [0.2, 0.25) is 0 Å². The summed E-state index contributed by atoms with van der Waals surface area (Å²) < 4.78 is 22.3. The van der Waals surface area contributed by atoms with Gasteiger partial charge in [0.15, 0.2) is 9.84 Å². The Hall–Kier alpha value is -1.36. The summed E-state index contributed by atoms with van der Waals surface area (Å²) in [6.07, 6.45) is 1.06. The molecule has 0 aliphatic carbocycles. The van der Waals surface area contributed by atoms with E-state index in [1.165, 1.54) is 6.92 Å². The summed E-state index contributed by atoms with van der Waals surface area (Å²) >= 11 is 0. The van der Waals surface area contributed by atoms with E-state index in [2.05, 4.69) is 5.32 Å². The van der Waals surface area contributed by atoms with Crippen molar-refractivity contribution in [2.24, 2.45) is 0 Å². The molecule has 5 heteroatoms. The van der Waals surface area contributed by atoms with Crippen LogP contribution >= 0.6 is 0 Å². The lowest BCUT2D eigenvalue weighted by Crippen LogP contribution is -2.36. The highest BCUT2D eigenvalue weighted by molar-refractivity contribution is 7.92. The van der Waals surface area contributed by atoms with Gasteiger partial charge in [0.1, 0.15) is 5.25 Å².